The Labute approximate surface area is 124 Å². The molecule has 0 saturated carbocycles. The number of aromatic nitrogens is 1. The molecule has 112 valence electrons. The molecule has 2 nitrogen and oxygen atoms in total. The van der Waals surface area contributed by atoms with E-state index in [1.54, 1.807) is 12.3 Å². The van der Waals surface area contributed by atoms with E-state index in [1.165, 1.54) is 6.07 Å². The Morgan fingerprint density at radius 3 is 2.57 bits per heavy atom. The quantitative estimate of drug-likeness (QED) is 0.894. The SMILES string of the molecule is Cc1cccnc1C(NCc1cccc(F)c1F)C(C)C. The lowest BCUT2D eigenvalue weighted by atomic mass is 9.97. The second kappa shape index (κ2) is 6.76. The summed E-state index contributed by atoms with van der Waals surface area (Å²) in [6.45, 7) is 6.42. The zero-order chi connectivity index (χ0) is 15.4. The smallest absolute Gasteiger partial charge is 0.163 e. The molecule has 2 aromatic rings. The Kier molecular flexibility index (Phi) is 5.02. The van der Waals surface area contributed by atoms with Gasteiger partial charge in [0.05, 0.1) is 11.7 Å². The van der Waals surface area contributed by atoms with Gasteiger partial charge in [-0.05, 0) is 30.5 Å². The summed E-state index contributed by atoms with van der Waals surface area (Å²) < 4.78 is 26.9. The number of pyridine rings is 1. The Morgan fingerprint density at radius 1 is 1.14 bits per heavy atom. The zero-order valence-electron chi connectivity index (χ0n) is 12.5. The highest BCUT2D eigenvalue weighted by molar-refractivity contribution is 5.23. The lowest BCUT2D eigenvalue weighted by molar-refractivity contribution is 0.394. The molecule has 0 amide bonds. The topological polar surface area (TPSA) is 24.9 Å². The van der Waals surface area contributed by atoms with Crippen LogP contribution >= 0.6 is 0 Å². The van der Waals surface area contributed by atoms with Crippen molar-refractivity contribution >= 4 is 0 Å². The van der Waals surface area contributed by atoms with Crippen LogP contribution in [0.2, 0.25) is 0 Å². The first-order valence-corrected chi connectivity index (χ1v) is 7.08. The molecule has 4 heteroatoms. The van der Waals surface area contributed by atoms with Crippen molar-refractivity contribution in [2.24, 2.45) is 5.92 Å². The number of nitrogens with one attached hydrogen (secondary N) is 1. The predicted octanol–water partition coefficient (Wildman–Crippen LogP) is 4.16. The van der Waals surface area contributed by atoms with Crippen LogP contribution in [0.1, 0.15) is 36.7 Å². The van der Waals surface area contributed by atoms with E-state index in [1.807, 2.05) is 19.1 Å². The van der Waals surface area contributed by atoms with Crippen LogP contribution in [-0.4, -0.2) is 4.98 Å². The van der Waals surface area contributed by atoms with Crippen LogP contribution < -0.4 is 5.32 Å². The Bertz CT molecular complexity index is 611. The Morgan fingerprint density at radius 2 is 1.90 bits per heavy atom. The van der Waals surface area contributed by atoms with Gasteiger partial charge < -0.3 is 5.32 Å². The van der Waals surface area contributed by atoms with Gasteiger partial charge in [0.1, 0.15) is 0 Å². The van der Waals surface area contributed by atoms with Gasteiger partial charge in [0.25, 0.3) is 0 Å². The third-order valence-corrected chi connectivity index (χ3v) is 3.56. The van der Waals surface area contributed by atoms with Crippen LogP contribution in [0.15, 0.2) is 36.5 Å². The van der Waals surface area contributed by atoms with Crippen LogP contribution in [0.5, 0.6) is 0 Å². The second-order valence-electron chi connectivity index (χ2n) is 5.52. The van der Waals surface area contributed by atoms with E-state index in [0.717, 1.165) is 17.3 Å². The molecule has 1 unspecified atom stereocenters. The molecule has 1 N–H and O–H groups in total. The lowest BCUT2D eigenvalue weighted by Crippen LogP contribution is -2.27. The fraction of sp³-hybridized carbons (Fsp3) is 0.353. The fourth-order valence-electron chi connectivity index (χ4n) is 2.38. The summed E-state index contributed by atoms with van der Waals surface area (Å²) >= 11 is 0. The van der Waals surface area contributed by atoms with Gasteiger partial charge in [-0.1, -0.05) is 32.0 Å². The number of rotatable bonds is 5. The van der Waals surface area contributed by atoms with Crippen molar-refractivity contribution in [2.45, 2.75) is 33.4 Å². The highest BCUT2D eigenvalue weighted by atomic mass is 19.2. The van der Waals surface area contributed by atoms with Gasteiger partial charge in [-0.25, -0.2) is 8.78 Å². The van der Waals surface area contributed by atoms with Crippen molar-refractivity contribution in [3.8, 4) is 0 Å². The number of halogens is 2. The van der Waals surface area contributed by atoms with E-state index < -0.39 is 11.6 Å². The maximum atomic E-state index is 13.7. The first-order chi connectivity index (χ1) is 10.0. The molecule has 0 bridgehead atoms. The zero-order valence-corrected chi connectivity index (χ0v) is 12.5. The van der Waals surface area contributed by atoms with Crippen molar-refractivity contribution in [2.75, 3.05) is 0 Å². The third kappa shape index (κ3) is 3.64. The first kappa shape index (κ1) is 15.6. The van der Waals surface area contributed by atoms with Crippen LogP contribution in [0, 0.1) is 24.5 Å². The molecule has 1 heterocycles. The molecule has 0 radical (unpaired) electrons. The standard InChI is InChI=1S/C17H20F2N2/c1-11(2)16(17-12(3)6-5-9-20-17)21-10-13-7-4-8-14(18)15(13)19/h4-9,11,16,21H,10H2,1-3H3. The molecule has 0 fully saturated rings. The molecule has 1 aromatic heterocycles. The minimum Gasteiger partial charge on any atom is -0.304 e. The predicted molar refractivity (Wildman–Crippen MR) is 79.8 cm³/mol. The van der Waals surface area contributed by atoms with E-state index in [9.17, 15) is 8.78 Å². The molecule has 0 aliphatic carbocycles. The number of aryl methyl sites for hydroxylation is 1. The second-order valence-corrected chi connectivity index (χ2v) is 5.52. The van der Waals surface area contributed by atoms with E-state index in [0.29, 0.717) is 5.56 Å². The molecule has 0 aliphatic heterocycles. The monoisotopic (exact) mass is 290 g/mol. The minimum atomic E-state index is -0.815. The van der Waals surface area contributed by atoms with E-state index in [2.05, 4.69) is 24.1 Å². The summed E-state index contributed by atoms with van der Waals surface area (Å²) in [6.07, 6.45) is 1.75. The summed E-state index contributed by atoms with van der Waals surface area (Å²) in [5, 5.41) is 3.29. The molecule has 0 saturated heterocycles. The Balaban J connectivity index is 2.18. The minimum absolute atomic E-state index is 0.00568. The van der Waals surface area contributed by atoms with Crippen molar-refractivity contribution in [1.82, 2.24) is 10.3 Å². The lowest BCUT2D eigenvalue weighted by Gasteiger charge is -2.23. The van der Waals surface area contributed by atoms with Gasteiger partial charge in [0, 0.05) is 18.3 Å². The van der Waals surface area contributed by atoms with E-state index in [4.69, 9.17) is 0 Å². The molecule has 0 spiro atoms. The Hall–Kier alpha value is -1.81. The molecule has 0 aliphatic rings. The van der Waals surface area contributed by atoms with Crippen molar-refractivity contribution in [1.29, 1.82) is 0 Å². The van der Waals surface area contributed by atoms with Crippen LogP contribution in [0.3, 0.4) is 0 Å². The van der Waals surface area contributed by atoms with Gasteiger partial charge >= 0.3 is 0 Å². The van der Waals surface area contributed by atoms with Gasteiger partial charge in [-0.15, -0.1) is 0 Å². The maximum absolute atomic E-state index is 13.7. The van der Waals surface area contributed by atoms with Crippen LogP contribution in [0.4, 0.5) is 8.78 Å². The van der Waals surface area contributed by atoms with Crippen molar-refractivity contribution in [3.05, 3.63) is 65.0 Å². The van der Waals surface area contributed by atoms with Gasteiger partial charge in [-0.2, -0.15) is 0 Å². The molecular weight excluding hydrogens is 270 g/mol. The summed E-state index contributed by atoms with van der Waals surface area (Å²) in [4.78, 5) is 4.42. The van der Waals surface area contributed by atoms with Gasteiger partial charge in [0.15, 0.2) is 11.6 Å². The van der Waals surface area contributed by atoms with Crippen LogP contribution in [-0.2, 0) is 6.54 Å². The first-order valence-electron chi connectivity index (χ1n) is 7.08. The number of nitrogens with zero attached hydrogens (tertiary/aromatic N) is 1. The average molecular weight is 290 g/mol. The van der Waals surface area contributed by atoms with Gasteiger partial charge in [0.2, 0.25) is 0 Å². The average Bonchev–Trinajstić information content (AvgIpc) is 2.45. The highest BCUT2D eigenvalue weighted by Crippen LogP contribution is 2.23. The number of benzene rings is 1. The summed E-state index contributed by atoms with van der Waals surface area (Å²) in [5.74, 6) is -1.31. The maximum Gasteiger partial charge on any atom is 0.163 e. The summed E-state index contributed by atoms with van der Waals surface area (Å²) in [5.41, 5.74) is 2.36. The van der Waals surface area contributed by atoms with Crippen LogP contribution in [0.25, 0.3) is 0 Å². The van der Waals surface area contributed by atoms with E-state index >= 15 is 0 Å². The molecule has 21 heavy (non-hydrogen) atoms. The van der Waals surface area contributed by atoms with E-state index in [-0.39, 0.29) is 18.5 Å². The normalized spacial score (nSPS) is 12.7. The molecule has 1 aromatic carbocycles. The molecule has 1 atom stereocenters. The largest absolute Gasteiger partial charge is 0.304 e. The third-order valence-electron chi connectivity index (χ3n) is 3.56. The molecular formula is C17H20F2N2. The van der Waals surface area contributed by atoms with Crippen molar-refractivity contribution in [3.63, 3.8) is 0 Å². The fourth-order valence-corrected chi connectivity index (χ4v) is 2.38. The van der Waals surface area contributed by atoms with Gasteiger partial charge in [-0.3, -0.25) is 4.98 Å². The highest BCUT2D eigenvalue weighted by Gasteiger charge is 2.19. The van der Waals surface area contributed by atoms with Crippen molar-refractivity contribution < 1.29 is 8.78 Å². The summed E-state index contributed by atoms with van der Waals surface area (Å²) in [7, 11) is 0. The number of hydrogen-bond donors (Lipinski definition) is 1. The number of hydrogen-bond acceptors (Lipinski definition) is 2. The summed E-state index contributed by atoms with van der Waals surface area (Å²) in [6, 6.07) is 8.13. The molecule has 2 rings (SSSR count).